The van der Waals surface area contributed by atoms with E-state index < -0.39 is 6.09 Å². The summed E-state index contributed by atoms with van der Waals surface area (Å²) in [5.41, 5.74) is 0. The van der Waals surface area contributed by atoms with Gasteiger partial charge in [-0.2, -0.15) is 0 Å². The lowest BCUT2D eigenvalue weighted by Crippen LogP contribution is -2.26. The highest BCUT2D eigenvalue weighted by Gasteiger charge is 2.22. The van der Waals surface area contributed by atoms with Gasteiger partial charge < -0.3 is 15.5 Å². The fraction of sp³-hybridized carbons (Fsp3) is 0.857. The molecule has 0 aromatic rings. The fourth-order valence-electron chi connectivity index (χ4n) is 1.47. The van der Waals surface area contributed by atoms with Crippen molar-refractivity contribution in [3.8, 4) is 0 Å². The van der Waals surface area contributed by atoms with Gasteiger partial charge in [-0.25, -0.2) is 4.79 Å². The van der Waals surface area contributed by atoms with Gasteiger partial charge >= 0.3 is 6.09 Å². The molecule has 0 unspecified atom stereocenters. The number of carboxylic acid groups (broad SMARTS) is 1. The molecule has 64 valence electrons. The summed E-state index contributed by atoms with van der Waals surface area (Å²) in [6, 6.07) is 0. The summed E-state index contributed by atoms with van der Waals surface area (Å²) in [7, 11) is 0. The van der Waals surface area contributed by atoms with Crippen LogP contribution in [0.4, 0.5) is 4.79 Å². The van der Waals surface area contributed by atoms with Crippen molar-refractivity contribution in [1.29, 1.82) is 0 Å². The first kappa shape index (κ1) is 8.33. The lowest BCUT2D eigenvalue weighted by atomic mass is 10.1. The van der Waals surface area contributed by atoms with E-state index in [1.807, 2.05) is 0 Å². The number of aliphatic hydroxyl groups is 1. The van der Waals surface area contributed by atoms with Crippen LogP contribution in [-0.4, -0.2) is 29.0 Å². The Morgan fingerprint density at radius 2 is 2.27 bits per heavy atom. The van der Waals surface area contributed by atoms with Gasteiger partial charge in [0.05, 0.1) is 6.10 Å². The van der Waals surface area contributed by atoms with Crippen LogP contribution in [0.1, 0.15) is 19.3 Å². The number of nitrogens with one attached hydrogen (secondary N) is 1. The molecule has 3 N–H and O–H groups in total. The first-order valence-electron chi connectivity index (χ1n) is 3.83. The number of rotatable bonds is 2. The Balaban J connectivity index is 2.13. The fourth-order valence-corrected chi connectivity index (χ4v) is 1.47. The minimum Gasteiger partial charge on any atom is -0.465 e. The number of aliphatic hydroxyl groups excluding tert-OH is 1. The van der Waals surface area contributed by atoms with Crippen molar-refractivity contribution in [2.75, 3.05) is 6.54 Å². The molecule has 11 heavy (non-hydrogen) atoms. The monoisotopic (exact) mass is 159 g/mol. The molecule has 1 amide bonds. The second kappa shape index (κ2) is 3.57. The molecule has 4 heteroatoms. The van der Waals surface area contributed by atoms with Gasteiger partial charge in [0.1, 0.15) is 0 Å². The summed E-state index contributed by atoms with van der Waals surface area (Å²) in [6.45, 7) is 0.479. The predicted octanol–water partition coefficient (Wildman–Crippen LogP) is 0.415. The van der Waals surface area contributed by atoms with Crippen LogP contribution in [0.5, 0.6) is 0 Å². The Morgan fingerprint density at radius 1 is 1.55 bits per heavy atom. The van der Waals surface area contributed by atoms with Crippen molar-refractivity contribution in [2.45, 2.75) is 25.4 Å². The Bertz CT molecular complexity index is 149. The van der Waals surface area contributed by atoms with Crippen LogP contribution < -0.4 is 5.32 Å². The molecular formula is C7H13NO3. The molecule has 0 radical (unpaired) electrons. The van der Waals surface area contributed by atoms with E-state index in [9.17, 15) is 4.79 Å². The van der Waals surface area contributed by atoms with Crippen LogP contribution >= 0.6 is 0 Å². The zero-order valence-corrected chi connectivity index (χ0v) is 6.29. The number of amides is 1. The predicted molar refractivity (Wildman–Crippen MR) is 39.4 cm³/mol. The summed E-state index contributed by atoms with van der Waals surface area (Å²) < 4.78 is 0. The van der Waals surface area contributed by atoms with Crippen molar-refractivity contribution >= 4 is 6.09 Å². The van der Waals surface area contributed by atoms with Gasteiger partial charge in [0.25, 0.3) is 0 Å². The van der Waals surface area contributed by atoms with Gasteiger partial charge in [-0.15, -0.1) is 0 Å². The summed E-state index contributed by atoms with van der Waals surface area (Å²) in [4.78, 5) is 10.1. The minimum absolute atomic E-state index is 0.212. The van der Waals surface area contributed by atoms with Crippen LogP contribution in [0.2, 0.25) is 0 Å². The Morgan fingerprint density at radius 3 is 2.73 bits per heavy atom. The summed E-state index contributed by atoms with van der Waals surface area (Å²) >= 11 is 0. The molecule has 2 atom stereocenters. The standard InChI is InChI=1S/C7H13NO3/c9-6-2-1-5(3-6)4-8-7(10)11/h5-6,8-9H,1-4H2,(H,10,11)/t5-,6+/m0/s1. The molecule has 1 rings (SSSR count). The molecule has 1 aliphatic rings. The van der Waals surface area contributed by atoms with Crippen LogP contribution in [0.15, 0.2) is 0 Å². The number of carbonyl (C=O) groups is 1. The average Bonchev–Trinajstić information content (AvgIpc) is 2.31. The highest BCUT2D eigenvalue weighted by molar-refractivity contribution is 5.64. The molecule has 1 fully saturated rings. The average molecular weight is 159 g/mol. The van der Waals surface area contributed by atoms with E-state index in [2.05, 4.69) is 5.32 Å². The van der Waals surface area contributed by atoms with Crippen LogP contribution in [-0.2, 0) is 0 Å². The summed E-state index contributed by atoms with van der Waals surface area (Å²) in [6.07, 6.45) is 1.29. The first-order valence-corrected chi connectivity index (χ1v) is 3.83. The normalized spacial score (nSPS) is 30.3. The number of hydrogen-bond acceptors (Lipinski definition) is 2. The molecule has 1 aliphatic carbocycles. The van der Waals surface area contributed by atoms with Crippen LogP contribution in [0.25, 0.3) is 0 Å². The molecule has 0 spiro atoms. The smallest absolute Gasteiger partial charge is 0.404 e. The molecular weight excluding hydrogens is 146 g/mol. The topological polar surface area (TPSA) is 69.6 Å². The molecule has 1 saturated carbocycles. The molecule has 0 bridgehead atoms. The molecule has 0 saturated heterocycles. The third-order valence-corrected chi connectivity index (χ3v) is 2.06. The van der Waals surface area contributed by atoms with E-state index in [0.717, 1.165) is 19.3 Å². The maximum absolute atomic E-state index is 10.1. The molecule has 0 aliphatic heterocycles. The Hall–Kier alpha value is -0.770. The largest absolute Gasteiger partial charge is 0.465 e. The highest BCUT2D eigenvalue weighted by Crippen LogP contribution is 2.24. The Labute approximate surface area is 65.2 Å². The van der Waals surface area contributed by atoms with Gasteiger partial charge in [-0.1, -0.05) is 0 Å². The van der Waals surface area contributed by atoms with E-state index in [4.69, 9.17) is 10.2 Å². The van der Waals surface area contributed by atoms with E-state index in [-0.39, 0.29) is 6.10 Å². The second-order valence-corrected chi connectivity index (χ2v) is 3.02. The van der Waals surface area contributed by atoms with Gasteiger partial charge in [0.15, 0.2) is 0 Å². The number of hydrogen-bond donors (Lipinski definition) is 3. The molecule has 0 aromatic carbocycles. The highest BCUT2D eigenvalue weighted by atomic mass is 16.4. The lowest BCUT2D eigenvalue weighted by molar-refractivity contribution is 0.174. The molecule has 0 heterocycles. The lowest BCUT2D eigenvalue weighted by Gasteiger charge is -2.07. The van der Waals surface area contributed by atoms with Gasteiger partial charge in [0, 0.05) is 6.54 Å². The zero-order chi connectivity index (χ0) is 8.27. The van der Waals surface area contributed by atoms with E-state index in [1.165, 1.54) is 0 Å². The summed E-state index contributed by atoms with van der Waals surface area (Å²) in [5, 5.41) is 19.7. The third kappa shape index (κ3) is 2.76. The van der Waals surface area contributed by atoms with Crippen molar-refractivity contribution in [1.82, 2.24) is 5.32 Å². The molecule has 0 aromatic heterocycles. The van der Waals surface area contributed by atoms with Crippen molar-refractivity contribution in [2.24, 2.45) is 5.92 Å². The minimum atomic E-state index is -0.980. The quantitative estimate of drug-likeness (QED) is 0.546. The van der Waals surface area contributed by atoms with Crippen LogP contribution in [0.3, 0.4) is 0 Å². The maximum Gasteiger partial charge on any atom is 0.404 e. The Kier molecular flexibility index (Phi) is 2.70. The van der Waals surface area contributed by atoms with E-state index in [0.29, 0.717) is 12.5 Å². The molecule has 4 nitrogen and oxygen atoms in total. The first-order chi connectivity index (χ1) is 5.18. The third-order valence-electron chi connectivity index (χ3n) is 2.06. The van der Waals surface area contributed by atoms with Gasteiger partial charge in [-0.3, -0.25) is 0 Å². The van der Waals surface area contributed by atoms with E-state index in [1.54, 1.807) is 0 Å². The van der Waals surface area contributed by atoms with Crippen molar-refractivity contribution in [3.05, 3.63) is 0 Å². The maximum atomic E-state index is 10.1. The van der Waals surface area contributed by atoms with Crippen molar-refractivity contribution < 1.29 is 15.0 Å². The van der Waals surface area contributed by atoms with Gasteiger partial charge in [0.2, 0.25) is 0 Å². The summed E-state index contributed by atoms with van der Waals surface area (Å²) in [5.74, 6) is 0.334. The van der Waals surface area contributed by atoms with Gasteiger partial charge in [-0.05, 0) is 25.2 Å². The van der Waals surface area contributed by atoms with Crippen molar-refractivity contribution in [3.63, 3.8) is 0 Å². The SMILES string of the molecule is O=C(O)NC[C@H]1CC[C@@H](O)C1. The van der Waals surface area contributed by atoms with Crippen LogP contribution in [0, 0.1) is 5.92 Å². The second-order valence-electron chi connectivity index (χ2n) is 3.02. The van der Waals surface area contributed by atoms with E-state index >= 15 is 0 Å². The zero-order valence-electron chi connectivity index (χ0n) is 6.29.